The summed E-state index contributed by atoms with van der Waals surface area (Å²) in [7, 11) is 0. The van der Waals surface area contributed by atoms with Gasteiger partial charge in [-0.05, 0) is 18.2 Å². The third kappa shape index (κ3) is 4.71. The molecule has 0 atom stereocenters. The third-order valence-corrected chi connectivity index (χ3v) is 4.50. The molecule has 3 aromatic carbocycles. The molecule has 0 aliphatic heterocycles. The van der Waals surface area contributed by atoms with E-state index < -0.39 is 5.97 Å². The molecule has 0 aliphatic carbocycles. The second-order valence-corrected chi connectivity index (χ2v) is 6.59. The Morgan fingerprint density at radius 1 is 0.714 bits per heavy atom. The van der Waals surface area contributed by atoms with Crippen molar-refractivity contribution >= 4 is 35.0 Å². The maximum atomic E-state index is 12.7. The molecule has 3 rings (SSSR count). The van der Waals surface area contributed by atoms with Crippen LogP contribution < -0.4 is 4.74 Å². The van der Waals surface area contributed by atoms with Crippen LogP contribution in [-0.4, -0.2) is 25.0 Å². The normalized spacial score (nSPS) is 10.4. The molecule has 0 aromatic heterocycles. The molecule has 0 N–H and O–H groups in total. The lowest BCUT2D eigenvalue weighted by atomic mass is 9.98. The maximum absolute atomic E-state index is 12.7. The van der Waals surface area contributed by atoms with Gasteiger partial charge >= 0.3 is 5.97 Å². The van der Waals surface area contributed by atoms with Crippen LogP contribution in [0.2, 0.25) is 10.0 Å². The van der Waals surface area contributed by atoms with Crippen molar-refractivity contribution in [3.05, 3.63) is 99.5 Å². The quantitative estimate of drug-likeness (QED) is 0.292. The lowest BCUT2D eigenvalue weighted by Crippen LogP contribution is -2.16. The van der Waals surface area contributed by atoms with E-state index in [1.54, 1.807) is 66.7 Å². The number of hydrogen-bond acceptors (Lipinski definition) is 4. The molecule has 0 heterocycles. The van der Waals surface area contributed by atoms with E-state index >= 15 is 0 Å². The minimum absolute atomic E-state index is 0.0196. The first-order chi connectivity index (χ1) is 13.6. The predicted molar refractivity (Wildman–Crippen MR) is 109 cm³/mol. The first-order valence-corrected chi connectivity index (χ1v) is 9.26. The van der Waals surface area contributed by atoms with Crippen molar-refractivity contribution in [1.82, 2.24) is 0 Å². The molecular weight excluding hydrogens is 399 g/mol. The minimum Gasteiger partial charge on any atom is -0.487 e. The number of ether oxygens (including phenoxy) is 2. The van der Waals surface area contributed by atoms with Gasteiger partial charge in [0.1, 0.15) is 13.2 Å². The van der Waals surface area contributed by atoms with Gasteiger partial charge in [-0.15, -0.1) is 0 Å². The van der Waals surface area contributed by atoms with Crippen LogP contribution in [0.1, 0.15) is 26.3 Å². The number of carbonyl (C=O) groups excluding carboxylic acids is 2. The van der Waals surface area contributed by atoms with Gasteiger partial charge in [0, 0.05) is 11.1 Å². The van der Waals surface area contributed by atoms with Crippen molar-refractivity contribution in [3.8, 4) is 5.75 Å². The lowest BCUT2D eigenvalue weighted by Gasteiger charge is -2.11. The summed E-state index contributed by atoms with van der Waals surface area (Å²) in [6.07, 6.45) is 0. The van der Waals surface area contributed by atoms with E-state index in [0.29, 0.717) is 21.4 Å². The average molecular weight is 415 g/mol. The number of halogens is 2. The molecule has 0 spiro atoms. The zero-order chi connectivity index (χ0) is 19.9. The fourth-order valence-electron chi connectivity index (χ4n) is 2.58. The highest BCUT2D eigenvalue weighted by Gasteiger charge is 2.19. The van der Waals surface area contributed by atoms with Crippen LogP contribution in [0.25, 0.3) is 0 Å². The number of hydrogen-bond donors (Lipinski definition) is 0. The highest BCUT2D eigenvalue weighted by atomic mass is 35.5. The summed E-state index contributed by atoms with van der Waals surface area (Å²) >= 11 is 12.1. The summed E-state index contributed by atoms with van der Waals surface area (Å²) in [6, 6.07) is 20.3. The highest BCUT2D eigenvalue weighted by Crippen LogP contribution is 2.32. The number of ketones is 1. The number of rotatable bonds is 7. The summed E-state index contributed by atoms with van der Waals surface area (Å²) in [5, 5.41) is 0.746. The molecule has 0 saturated heterocycles. The van der Waals surface area contributed by atoms with Gasteiger partial charge in [-0.25, -0.2) is 4.79 Å². The summed E-state index contributed by atoms with van der Waals surface area (Å²) in [5.41, 5.74) is 0.986. The Kier molecular flexibility index (Phi) is 6.69. The average Bonchev–Trinajstić information content (AvgIpc) is 2.73. The van der Waals surface area contributed by atoms with E-state index in [4.69, 9.17) is 32.7 Å². The Balaban J connectivity index is 1.64. The van der Waals surface area contributed by atoms with Gasteiger partial charge in [-0.3, -0.25) is 4.79 Å². The number of para-hydroxylation sites is 1. The number of carbonyl (C=O) groups is 2. The first-order valence-electron chi connectivity index (χ1n) is 8.50. The van der Waals surface area contributed by atoms with Crippen molar-refractivity contribution < 1.29 is 19.1 Å². The van der Waals surface area contributed by atoms with E-state index in [1.807, 2.05) is 6.07 Å². The Morgan fingerprint density at radius 3 is 2.00 bits per heavy atom. The molecule has 0 saturated carbocycles. The van der Waals surface area contributed by atoms with E-state index in [1.165, 1.54) is 0 Å². The molecular formula is C22H16Cl2O4. The summed E-state index contributed by atoms with van der Waals surface area (Å²) in [5.74, 6) is -0.512. The van der Waals surface area contributed by atoms with Gasteiger partial charge in [0.25, 0.3) is 0 Å². The third-order valence-electron chi connectivity index (χ3n) is 3.91. The minimum atomic E-state index is -0.603. The lowest BCUT2D eigenvalue weighted by molar-refractivity contribution is 0.0448. The van der Waals surface area contributed by atoms with Crippen LogP contribution in [0.5, 0.6) is 5.75 Å². The van der Waals surface area contributed by atoms with Gasteiger partial charge in [-0.2, -0.15) is 0 Å². The van der Waals surface area contributed by atoms with E-state index in [2.05, 4.69) is 0 Å². The van der Waals surface area contributed by atoms with Crippen molar-refractivity contribution in [3.63, 3.8) is 0 Å². The fourth-order valence-corrected chi connectivity index (χ4v) is 3.09. The van der Waals surface area contributed by atoms with Crippen molar-refractivity contribution in [2.45, 2.75) is 0 Å². The van der Waals surface area contributed by atoms with Crippen molar-refractivity contribution in [2.24, 2.45) is 0 Å². The van der Waals surface area contributed by atoms with Crippen LogP contribution >= 0.6 is 23.2 Å². The van der Waals surface area contributed by atoms with Crippen molar-refractivity contribution in [1.29, 1.82) is 0 Å². The van der Waals surface area contributed by atoms with Crippen LogP contribution in [0.3, 0.4) is 0 Å². The number of esters is 1. The SMILES string of the molecule is O=C(OCCOc1c(Cl)cccc1Cl)c1ccccc1C(=O)c1ccccc1. The molecule has 0 amide bonds. The number of benzene rings is 3. The summed E-state index contributed by atoms with van der Waals surface area (Å²) in [4.78, 5) is 25.2. The van der Waals surface area contributed by atoms with Crippen molar-refractivity contribution in [2.75, 3.05) is 13.2 Å². The van der Waals surface area contributed by atoms with E-state index in [0.717, 1.165) is 0 Å². The van der Waals surface area contributed by atoms with Gasteiger partial charge in [0.2, 0.25) is 0 Å². The van der Waals surface area contributed by atoms with Gasteiger partial charge in [-0.1, -0.05) is 77.8 Å². The molecule has 28 heavy (non-hydrogen) atoms. The highest BCUT2D eigenvalue weighted by molar-refractivity contribution is 6.37. The van der Waals surface area contributed by atoms with Crippen LogP contribution in [0.15, 0.2) is 72.8 Å². The van der Waals surface area contributed by atoms with E-state index in [-0.39, 0.29) is 30.1 Å². The molecule has 0 aliphatic rings. The smallest absolute Gasteiger partial charge is 0.339 e. The Labute approximate surface area is 172 Å². The first kappa shape index (κ1) is 19.9. The molecule has 0 unspecified atom stereocenters. The predicted octanol–water partition coefficient (Wildman–Crippen LogP) is 5.46. The van der Waals surface area contributed by atoms with E-state index in [9.17, 15) is 9.59 Å². The molecule has 142 valence electrons. The van der Waals surface area contributed by atoms with Gasteiger partial charge < -0.3 is 9.47 Å². The Bertz CT molecular complexity index is 967. The van der Waals surface area contributed by atoms with Crippen LogP contribution in [-0.2, 0) is 4.74 Å². The van der Waals surface area contributed by atoms with Crippen LogP contribution in [0, 0.1) is 0 Å². The zero-order valence-electron chi connectivity index (χ0n) is 14.7. The Morgan fingerprint density at radius 2 is 1.32 bits per heavy atom. The van der Waals surface area contributed by atoms with Crippen LogP contribution in [0.4, 0.5) is 0 Å². The largest absolute Gasteiger partial charge is 0.487 e. The zero-order valence-corrected chi connectivity index (χ0v) is 16.2. The topological polar surface area (TPSA) is 52.6 Å². The Hall–Kier alpha value is -2.82. The summed E-state index contributed by atoms with van der Waals surface area (Å²) in [6.45, 7) is 0.0538. The second kappa shape index (κ2) is 9.40. The molecule has 0 fully saturated rings. The summed E-state index contributed by atoms with van der Waals surface area (Å²) < 4.78 is 10.7. The maximum Gasteiger partial charge on any atom is 0.339 e. The van der Waals surface area contributed by atoms with Gasteiger partial charge in [0.15, 0.2) is 11.5 Å². The monoisotopic (exact) mass is 414 g/mol. The molecule has 0 radical (unpaired) electrons. The molecule has 3 aromatic rings. The van der Waals surface area contributed by atoms with Gasteiger partial charge in [0.05, 0.1) is 15.6 Å². The molecule has 4 nitrogen and oxygen atoms in total. The standard InChI is InChI=1S/C22H16Cl2O4/c23-18-11-6-12-19(24)21(18)27-13-14-28-22(26)17-10-5-4-9-16(17)20(25)15-7-2-1-3-8-15/h1-12H,13-14H2. The molecule has 6 heteroatoms. The fraction of sp³-hybridized carbons (Fsp3) is 0.0909. The molecule has 0 bridgehead atoms. The second-order valence-electron chi connectivity index (χ2n) is 5.78.